The summed E-state index contributed by atoms with van der Waals surface area (Å²) >= 11 is 0. The Kier molecular flexibility index (Phi) is 5.24. The molecule has 0 radical (unpaired) electrons. The number of nitrogens with one attached hydrogen (secondary N) is 1. The van der Waals surface area contributed by atoms with E-state index in [0.717, 1.165) is 50.9 Å². The summed E-state index contributed by atoms with van der Waals surface area (Å²) in [6.07, 6.45) is 6.15. The molecule has 0 aliphatic carbocycles. The first-order chi connectivity index (χ1) is 16.2. The Morgan fingerprint density at radius 1 is 0.970 bits per heavy atom. The Balaban J connectivity index is 1.17. The van der Waals surface area contributed by atoms with E-state index in [1.165, 1.54) is 29.2 Å². The van der Waals surface area contributed by atoms with E-state index >= 15 is 0 Å². The van der Waals surface area contributed by atoms with Crippen molar-refractivity contribution in [2.75, 3.05) is 38.2 Å². The number of nitrogens with zero attached hydrogens (tertiary/aromatic N) is 2. The van der Waals surface area contributed by atoms with Gasteiger partial charge < -0.3 is 24.3 Å². The SMILES string of the molecule is Fc1ccc(C2(CCCN3CCCC4(C3)Nc3ccccc3-n3cccc34)OCCO2)cc1. The molecule has 0 bridgehead atoms. The van der Waals surface area contributed by atoms with Gasteiger partial charge in [0.15, 0.2) is 5.79 Å². The molecular weight excluding hydrogens is 417 g/mol. The van der Waals surface area contributed by atoms with Gasteiger partial charge in [0.05, 0.1) is 30.1 Å². The zero-order chi connectivity index (χ0) is 22.3. The van der Waals surface area contributed by atoms with Gasteiger partial charge in [-0.3, -0.25) is 0 Å². The molecule has 1 N–H and O–H groups in total. The summed E-state index contributed by atoms with van der Waals surface area (Å²) in [5, 5.41) is 3.91. The number of rotatable bonds is 5. The Bertz CT molecular complexity index is 1120. The zero-order valence-electron chi connectivity index (χ0n) is 18.8. The number of halogens is 1. The number of aromatic nitrogens is 1. The third kappa shape index (κ3) is 3.66. The average molecular weight is 448 g/mol. The molecule has 3 aliphatic heterocycles. The summed E-state index contributed by atoms with van der Waals surface area (Å²) in [5.74, 6) is -0.991. The van der Waals surface area contributed by atoms with Gasteiger partial charge in [0.25, 0.3) is 0 Å². The van der Waals surface area contributed by atoms with Crippen molar-refractivity contribution < 1.29 is 13.9 Å². The molecule has 0 saturated carbocycles. The first-order valence-electron chi connectivity index (χ1n) is 12.0. The highest BCUT2D eigenvalue weighted by molar-refractivity contribution is 5.67. The molecular formula is C27H30FN3O2. The van der Waals surface area contributed by atoms with Gasteiger partial charge in [-0.2, -0.15) is 0 Å². The maximum absolute atomic E-state index is 13.4. The van der Waals surface area contributed by atoms with Crippen molar-refractivity contribution in [2.45, 2.75) is 37.0 Å². The summed E-state index contributed by atoms with van der Waals surface area (Å²) < 4.78 is 27.9. The second kappa shape index (κ2) is 8.28. The lowest BCUT2D eigenvalue weighted by atomic mass is 9.83. The molecule has 2 aromatic carbocycles. The van der Waals surface area contributed by atoms with Crippen LogP contribution in [-0.4, -0.2) is 42.3 Å². The van der Waals surface area contributed by atoms with Gasteiger partial charge in [-0.1, -0.05) is 24.3 Å². The lowest BCUT2D eigenvalue weighted by Crippen LogP contribution is -2.53. The fourth-order valence-corrected chi connectivity index (χ4v) is 5.89. The number of ether oxygens (including phenoxy) is 2. The molecule has 6 heteroatoms. The lowest BCUT2D eigenvalue weighted by molar-refractivity contribution is -0.172. The van der Waals surface area contributed by atoms with E-state index in [2.05, 4.69) is 57.4 Å². The van der Waals surface area contributed by atoms with Crippen LogP contribution in [0.1, 0.15) is 36.9 Å². The fraction of sp³-hybridized carbons (Fsp3) is 0.407. The zero-order valence-corrected chi connectivity index (χ0v) is 18.8. The second-order valence-electron chi connectivity index (χ2n) is 9.43. The standard InChI is InChI=1S/C27H30FN3O2/c28-22-11-9-21(10-12-22)27(32-18-19-33-27)14-5-16-30-15-4-13-26(20-30)25-8-3-17-31(25)24-7-2-1-6-23(24)29-26/h1-3,6-12,17,29H,4-5,13-16,18-20H2. The Morgan fingerprint density at radius 2 is 1.79 bits per heavy atom. The van der Waals surface area contributed by atoms with Crippen molar-refractivity contribution in [1.82, 2.24) is 9.47 Å². The van der Waals surface area contributed by atoms with Gasteiger partial charge in [0.2, 0.25) is 0 Å². The van der Waals surface area contributed by atoms with E-state index in [-0.39, 0.29) is 11.4 Å². The number of benzene rings is 2. The number of anilines is 1. The van der Waals surface area contributed by atoms with E-state index < -0.39 is 5.79 Å². The van der Waals surface area contributed by atoms with E-state index in [1.807, 2.05) is 0 Å². The van der Waals surface area contributed by atoms with Crippen LogP contribution in [0.15, 0.2) is 66.9 Å². The average Bonchev–Trinajstić information content (AvgIpc) is 3.51. The highest BCUT2D eigenvalue weighted by Gasteiger charge is 2.43. The van der Waals surface area contributed by atoms with E-state index in [1.54, 1.807) is 12.1 Å². The molecule has 3 aromatic rings. The normalized spacial score (nSPS) is 23.8. The lowest BCUT2D eigenvalue weighted by Gasteiger charge is -2.47. The minimum Gasteiger partial charge on any atom is -0.371 e. The minimum atomic E-state index is -0.752. The molecule has 1 unspecified atom stereocenters. The summed E-state index contributed by atoms with van der Waals surface area (Å²) in [6, 6.07) is 19.5. The minimum absolute atomic E-state index is 0.0783. The maximum Gasteiger partial charge on any atom is 0.195 e. The topological polar surface area (TPSA) is 38.7 Å². The third-order valence-corrected chi connectivity index (χ3v) is 7.37. The van der Waals surface area contributed by atoms with Crippen LogP contribution in [0.25, 0.3) is 5.69 Å². The highest BCUT2D eigenvalue weighted by Crippen LogP contribution is 2.42. The van der Waals surface area contributed by atoms with Crippen LogP contribution in [-0.2, 0) is 20.8 Å². The van der Waals surface area contributed by atoms with Crippen molar-refractivity contribution in [3.05, 3.63) is 83.9 Å². The van der Waals surface area contributed by atoms with E-state index in [0.29, 0.717) is 13.2 Å². The molecule has 1 atom stereocenters. The van der Waals surface area contributed by atoms with Crippen molar-refractivity contribution in [3.63, 3.8) is 0 Å². The van der Waals surface area contributed by atoms with Crippen LogP contribution < -0.4 is 5.32 Å². The fourth-order valence-electron chi connectivity index (χ4n) is 5.89. The van der Waals surface area contributed by atoms with Gasteiger partial charge in [-0.05, 0) is 68.8 Å². The summed E-state index contributed by atoms with van der Waals surface area (Å²) in [7, 11) is 0. The Morgan fingerprint density at radius 3 is 2.64 bits per heavy atom. The van der Waals surface area contributed by atoms with Crippen LogP contribution in [0, 0.1) is 5.82 Å². The highest BCUT2D eigenvalue weighted by atomic mass is 19.1. The molecule has 1 spiro atoms. The molecule has 0 amide bonds. The van der Waals surface area contributed by atoms with E-state index in [9.17, 15) is 4.39 Å². The van der Waals surface area contributed by atoms with E-state index in [4.69, 9.17) is 9.47 Å². The number of hydrogen-bond donors (Lipinski definition) is 1. The largest absolute Gasteiger partial charge is 0.371 e. The molecule has 33 heavy (non-hydrogen) atoms. The first-order valence-corrected chi connectivity index (χ1v) is 12.0. The van der Waals surface area contributed by atoms with Crippen molar-refractivity contribution in [1.29, 1.82) is 0 Å². The third-order valence-electron chi connectivity index (χ3n) is 7.37. The van der Waals surface area contributed by atoms with Crippen LogP contribution in [0.4, 0.5) is 10.1 Å². The molecule has 6 rings (SSSR count). The maximum atomic E-state index is 13.4. The molecule has 2 saturated heterocycles. The van der Waals surface area contributed by atoms with Crippen LogP contribution in [0.3, 0.4) is 0 Å². The summed E-state index contributed by atoms with van der Waals surface area (Å²) in [6.45, 7) is 4.18. The van der Waals surface area contributed by atoms with Gasteiger partial charge in [-0.15, -0.1) is 0 Å². The van der Waals surface area contributed by atoms with Crippen molar-refractivity contribution in [2.24, 2.45) is 0 Å². The molecule has 172 valence electrons. The van der Waals surface area contributed by atoms with Crippen LogP contribution in [0.2, 0.25) is 0 Å². The van der Waals surface area contributed by atoms with Crippen LogP contribution >= 0.6 is 0 Å². The number of para-hydroxylation sites is 2. The quantitative estimate of drug-likeness (QED) is 0.597. The van der Waals surface area contributed by atoms with Gasteiger partial charge in [0, 0.05) is 30.4 Å². The molecule has 5 nitrogen and oxygen atoms in total. The molecule has 2 fully saturated rings. The van der Waals surface area contributed by atoms with Crippen LogP contribution in [0.5, 0.6) is 0 Å². The van der Waals surface area contributed by atoms with Gasteiger partial charge in [-0.25, -0.2) is 4.39 Å². The number of fused-ring (bicyclic) bond motifs is 4. The predicted molar refractivity (Wildman–Crippen MR) is 126 cm³/mol. The Hall–Kier alpha value is -2.67. The molecule has 4 heterocycles. The number of hydrogen-bond acceptors (Lipinski definition) is 4. The molecule has 3 aliphatic rings. The number of likely N-dealkylation sites (tertiary alicyclic amines) is 1. The predicted octanol–water partition coefficient (Wildman–Crippen LogP) is 5.01. The smallest absolute Gasteiger partial charge is 0.195 e. The summed E-state index contributed by atoms with van der Waals surface area (Å²) in [4.78, 5) is 2.56. The number of piperidine rings is 1. The molecule has 1 aromatic heterocycles. The van der Waals surface area contributed by atoms with Gasteiger partial charge >= 0.3 is 0 Å². The van der Waals surface area contributed by atoms with Crippen molar-refractivity contribution >= 4 is 5.69 Å². The second-order valence-corrected chi connectivity index (χ2v) is 9.43. The van der Waals surface area contributed by atoms with Crippen molar-refractivity contribution in [3.8, 4) is 5.69 Å². The Labute approximate surface area is 194 Å². The van der Waals surface area contributed by atoms with Gasteiger partial charge in [0.1, 0.15) is 5.82 Å². The first kappa shape index (κ1) is 20.9. The summed E-state index contributed by atoms with van der Waals surface area (Å²) in [5.41, 5.74) is 4.59. The monoisotopic (exact) mass is 447 g/mol.